The number of nitrogens with zero attached hydrogens (tertiary/aromatic N) is 1. The van der Waals surface area contributed by atoms with Gasteiger partial charge in [-0.05, 0) is 48.0 Å². The lowest BCUT2D eigenvalue weighted by Crippen LogP contribution is -2.32. The molecule has 2 aromatic carbocycles. The number of carbonyl (C=O) groups is 3. The molecule has 10 heteroatoms. The van der Waals surface area contributed by atoms with Gasteiger partial charge >= 0.3 is 0 Å². The predicted octanol–water partition coefficient (Wildman–Crippen LogP) is 0.393. The van der Waals surface area contributed by atoms with Crippen molar-refractivity contribution >= 4 is 23.9 Å². The van der Waals surface area contributed by atoms with Gasteiger partial charge in [0.15, 0.2) is 11.5 Å². The smallest absolute Gasteiger partial charge is 0.271 e. The van der Waals surface area contributed by atoms with E-state index in [-0.39, 0.29) is 49.4 Å². The van der Waals surface area contributed by atoms with E-state index in [0.717, 1.165) is 0 Å². The van der Waals surface area contributed by atoms with E-state index < -0.39 is 5.91 Å². The van der Waals surface area contributed by atoms with E-state index >= 15 is 0 Å². The van der Waals surface area contributed by atoms with Gasteiger partial charge in [0.25, 0.3) is 11.8 Å². The Balaban J connectivity index is 1.84. The fourth-order valence-electron chi connectivity index (χ4n) is 2.45. The maximum absolute atomic E-state index is 12.2. The summed E-state index contributed by atoms with van der Waals surface area (Å²) in [5.41, 5.74) is 3.64. The van der Waals surface area contributed by atoms with Crippen molar-refractivity contribution in [1.82, 2.24) is 16.1 Å². The zero-order valence-electron chi connectivity index (χ0n) is 16.9. The van der Waals surface area contributed by atoms with Gasteiger partial charge in [-0.1, -0.05) is 0 Å². The zero-order valence-corrected chi connectivity index (χ0v) is 16.9. The van der Waals surface area contributed by atoms with Crippen LogP contribution in [0, 0.1) is 0 Å². The number of phenols is 1. The van der Waals surface area contributed by atoms with Crippen molar-refractivity contribution in [2.24, 2.45) is 5.10 Å². The molecule has 0 saturated heterocycles. The Morgan fingerprint density at radius 3 is 2.32 bits per heavy atom. The Bertz CT molecular complexity index is 943. The molecule has 0 atom stereocenters. The Labute approximate surface area is 178 Å². The lowest BCUT2D eigenvalue weighted by molar-refractivity contribution is -0.121. The number of hydrogen-bond donors (Lipinski definition) is 5. The van der Waals surface area contributed by atoms with Crippen LogP contribution in [0.15, 0.2) is 47.6 Å². The maximum Gasteiger partial charge on any atom is 0.271 e. The Morgan fingerprint density at radius 2 is 1.68 bits per heavy atom. The molecule has 3 amide bonds. The van der Waals surface area contributed by atoms with Crippen molar-refractivity contribution in [3.63, 3.8) is 0 Å². The van der Waals surface area contributed by atoms with Crippen LogP contribution < -0.4 is 20.8 Å². The lowest BCUT2D eigenvalue weighted by atomic mass is 10.1. The fourth-order valence-corrected chi connectivity index (χ4v) is 2.45. The molecule has 0 radical (unpaired) electrons. The van der Waals surface area contributed by atoms with Crippen molar-refractivity contribution in [2.75, 3.05) is 26.8 Å². The molecule has 0 heterocycles. The van der Waals surface area contributed by atoms with Gasteiger partial charge in [-0.2, -0.15) is 5.10 Å². The molecule has 0 aliphatic heterocycles. The summed E-state index contributed by atoms with van der Waals surface area (Å²) in [5, 5.41) is 27.2. The van der Waals surface area contributed by atoms with Gasteiger partial charge in [0.1, 0.15) is 0 Å². The monoisotopic (exact) mass is 428 g/mol. The number of phenolic OH excluding ortho intramolecular Hbond substituents is 1. The molecule has 0 unspecified atom stereocenters. The molecule has 0 spiro atoms. The highest BCUT2D eigenvalue weighted by atomic mass is 16.5. The molecule has 5 N–H and O–H groups in total. The highest BCUT2D eigenvalue weighted by molar-refractivity contribution is 5.98. The largest absolute Gasteiger partial charge is 0.504 e. The highest BCUT2D eigenvalue weighted by Crippen LogP contribution is 2.25. The predicted molar refractivity (Wildman–Crippen MR) is 113 cm³/mol. The number of hydrogen-bond acceptors (Lipinski definition) is 7. The summed E-state index contributed by atoms with van der Waals surface area (Å²) in [7, 11) is 1.43. The third-order valence-electron chi connectivity index (χ3n) is 4.06. The van der Waals surface area contributed by atoms with Gasteiger partial charge in [0.2, 0.25) is 5.91 Å². The number of aromatic hydroxyl groups is 1. The first kappa shape index (κ1) is 23.4. The molecule has 0 bridgehead atoms. The van der Waals surface area contributed by atoms with Crippen LogP contribution in [-0.2, 0) is 4.79 Å². The van der Waals surface area contributed by atoms with E-state index in [1.54, 1.807) is 12.1 Å². The molecule has 0 aliphatic carbocycles. The van der Waals surface area contributed by atoms with Crippen LogP contribution in [0.4, 0.5) is 0 Å². The van der Waals surface area contributed by atoms with E-state index in [9.17, 15) is 19.5 Å². The molecule has 2 rings (SSSR count). The lowest BCUT2D eigenvalue weighted by Gasteiger charge is -2.07. The SMILES string of the molecule is COc1cc(/C=N/NC(=O)c2ccc(C(=O)NCCC(=O)NCCO)cc2)ccc1O. The van der Waals surface area contributed by atoms with Crippen molar-refractivity contribution < 1.29 is 29.3 Å². The Kier molecular flexibility index (Phi) is 8.99. The minimum atomic E-state index is -0.463. The van der Waals surface area contributed by atoms with Crippen molar-refractivity contribution in [3.05, 3.63) is 59.2 Å². The van der Waals surface area contributed by atoms with Gasteiger partial charge in [-0.15, -0.1) is 0 Å². The van der Waals surface area contributed by atoms with Crippen LogP contribution in [0.25, 0.3) is 0 Å². The third kappa shape index (κ3) is 7.44. The molecular formula is C21H24N4O6. The molecule has 0 aromatic heterocycles. The molecular weight excluding hydrogens is 404 g/mol. The summed E-state index contributed by atoms with van der Waals surface area (Å²) in [5.74, 6) is -0.823. The summed E-state index contributed by atoms with van der Waals surface area (Å²) in [6, 6.07) is 10.6. The number of hydrazone groups is 1. The van der Waals surface area contributed by atoms with Crippen LogP contribution >= 0.6 is 0 Å². The van der Waals surface area contributed by atoms with Crippen LogP contribution in [-0.4, -0.2) is 61.0 Å². The summed E-state index contributed by atoms with van der Waals surface area (Å²) in [6.07, 6.45) is 1.50. The normalized spacial score (nSPS) is 10.5. The summed E-state index contributed by atoms with van der Waals surface area (Å²) in [4.78, 5) is 35.7. The van der Waals surface area contributed by atoms with Crippen molar-refractivity contribution in [2.45, 2.75) is 6.42 Å². The number of carbonyl (C=O) groups excluding carboxylic acids is 3. The van der Waals surface area contributed by atoms with Gasteiger partial charge in [0, 0.05) is 30.6 Å². The van der Waals surface area contributed by atoms with E-state index in [1.807, 2.05) is 0 Å². The van der Waals surface area contributed by atoms with E-state index in [4.69, 9.17) is 9.84 Å². The molecule has 2 aromatic rings. The van der Waals surface area contributed by atoms with Crippen molar-refractivity contribution in [1.29, 1.82) is 0 Å². The Morgan fingerprint density at radius 1 is 1.00 bits per heavy atom. The van der Waals surface area contributed by atoms with Gasteiger partial charge in [-0.25, -0.2) is 5.43 Å². The number of rotatable bonds is 10. The molecule has 31 heavy (non-hydrogen) atoms. The second-order valence-corrected chi connectivity index (χ2v) is 6.29. The summed E-state index contributed by atoms with van der Waals surface area (Å²) in [6.45, 7) is 0.174. The van der Waals surface area contributed by atoms with E-state index in [0.29, 0.717) is 16.7 Å². The first-order chi connectivity index (χ1) is 14.9. The van der Waals surface area contributed by atoms with Gasteiger partial charge < -0.3 is 25.6 Å². The van der Waals surface area contributed by atoms with Gasteiger partial charge in [0.05, 0.1) is 19.9 Å². The number of methoxy groups -OCH3 is 1. The fraction of sp³-hybridized carbons (Fsp3) is 0.238. The first-order valence-electron chi connectivity index (χ1n) is 9.41. The quantitative estimate of drug-likeness (QED) is 0.273. The van der Waals surface area contributed by atoms with Crippen LogP contribution in [0.3, 0.4) is 0 Å². The number of aliphatic hydroxyl groups excluding tert-OH is 1. The molecule has 0 aliphatic rings. The Hall–Kier alpha value is -3.92. The molecule has 0 fully saturated rings. The topological polar surface area (TPSA) is 149 Å². The highest BCUT2D eigenvalue weighted by Gasteiger charge is 2.09. The number of ether oxygens (including phenoxy) is 1. The van der Waals surface area contributed by atoms with E-state index in [2.05, 4.69) is 21.2 Å². The standard InChI is InChI=1S/C21H24N4O6/c1-31-18-12-14(2-7-17(18)27)13-24-25-21(30)16-5-3-15(4-6-16)20(29)23-9-8-19(28)22-10-11-26/h2-7,12-13,26-27H,8-11H2,1H3,(H,22,28)(H,23,29)(H,25,30)/b24-13+. The average molecular weight is 428 g/mol. The summed E-state index contributed by atoms with van der Waals surface area (Å²) < 4.78 is 5.00. The second-order valence-electron chi connectivity index (χ2n) is 6.29. The number of nitrogens with one attached hydrogen (secondary N) is 3. The maximum atomic E-state index is 12.2. The molecule has 0 saturated carbocycles. The summed E-state index contributed by atoms with van der Waals surface area (Å²) >= 11 is 0. The van der Waals surface area contributed by atoms with Crippen LogP contribution in [0.1, 0.15) is 32.7 Å². The second kappa shape index (κ2) is 11.9. The molecule has 10 nitrogen and oxygen atoms in total. The van der Waals surface area contributed by atoms with Crippen LogP contribution in [0.2, 0.25) is 0 Å². The number of aliphatic hydroxyl groups is 1. The van der Waals surface area contributed by atoms with Crippen LogP contribution in [0.5, 0.6) is 11.5 Å². The minimum absolute atomic E-state index is 0.00206. The third-order valence-corrected chi connectivity index (χ3v) is 4.06. The zero-order chi connectivity index (χ0) is 22.6. The van der Waals surface area contributed by atoms with Crippen molar-refractivity contribution in [3.8, 4) is 11.5 Å². The molecule has 164 valence electrons. The minimum Gasteiger partial charge on any atom is -0.504 e. The first-order valence-corrected chi connectivity index (χ1v) is 9.41. The average Bonchev–Trinajstić information content (AvgIpc) is 2.78. The number of benzene rings is 2. The van der Waals surface area contributed by atoms with E-state index in [1.165, 1.54) is 43.7 Å². The number of amides is 3. The van der Waals surface area contributed by atoms with Gasteiger partial charge in [-0.3, -0.25) is 14.4 Å².